The highest BCUT2D eigenvalue weighted by atomic mass is 19.3. The van der Waals surface area contributed by atoms with Crippen LogP contribution in [0, 0.1) is 0 Å². The first kappa shape index (κ1) is 10.3. The average molecular weight is 168 g/mol. The molecule has 0 aliphatic carbocycles. The van der Waals surface area contributed by atoms with E-state index in [0.717, 1.165) is 21.0 Å². The number of carbonyl (C=O) groups excluding carboxylic acids is 1. The zero-order valence-corrected chi connectivity index (χ0v) is 6.52. The van der Waals surface area contributed by atoms with Gasteiger partial charge in [0.05, 0.1) is 7.11 Å². The molecular formula is C6H10F2O3. The van der Waals surface area contributed by atoms with E-state index in [2.05, 4.69) is 4.74 Å². The second-order valence-electron chi connectivity index (χ2n) is 2.62. The predicted octanol–water partition coefficient (Wildman–Crippen LogP) is 0.566. The molecule has 0 aromatic rings. The Morgan fingerprint density at radius 1 is 1.45 bits per heavy atom. The maximum Gasteiger partial charge on any atom is 0.379 e. The summed E-state index contributed by atoms with van der Waals surface area (Å²) < 4.78 is 29.0. The van der Waals surface area contributed by atoms with E-state index in [1.165, 1.54) is 0 Å². The minimum absolute atomic E-state index is 0.835. The van der Waals surface area contributed by atoms with Crippen LogP contribution in [-0.2, 0) is 9.53 Å². The summed E-state index contributed by atoms with van der Waals surface area (Å²) in [5, 5.41) is 8.80. The third kappa shape index (κ3) is 1.86. The van der Waals surface area contributed by atoms with Crippen LogP contribution in [0.5, 0.6) is 0 Å². The van der Waals surface area contributed by atoms with E-state index in [0.29, 0.717) is 0 Å². The highest BCUT2D eigenvalue weighted by Crippen LogP contribution is 2.28. The fourth-order valence-electron chi connectivity index (χ4n) is 0.378. The van der Waals surface area contributed by atoms with Crippen LogP contribution in [0.2, 0.25) is 0 Å². The van der Waals surface area contributed by atoms with Crippen LogP contribution < -0.4 is 0 Å². The maximum atomic E-state index is 12.6. The highest BCUT2D eigenvalue weighted by Gasteiger charge is 2.53. The molecule has 0 saturated heterocycles. The third-order valence-corrected chi connectivity index (χ3v) is 1.21. The van der Waals surface area contributed by atoms with Crippen molar-refractivity contribution >= 4 is 5.97 Å². The number of rotatable bonds is 2. The largest absolute Gasteiger partial charge is 0.464 e. The molecule has 0 spiro atoms. The van der Waals surface area contributed by atoms with E-state index in [-0.39, 0.29) is 0 Å². The van der Waals surface area contributed by atoms with E-state index < -0.39 is 17.5 Å². The van der Waals surface area contributed by atoms with Gasteiger partial charge in [0.25, 0.3) is 0 Å². The summed E-state index contributed by atoms with van der Waals surface area (Å²) in [6, 6.07) is 0. The van der Waals surface area contributed by atoms with Gasteiger partial charge in [-0.05, 0) is 13.8 Å². The highest BCUT2D eigenvalue weighted by molar-refractivity contribution is 5.78. The molecule has 5 heteroatoms. The smallest absolute Gasteiger partial charge is 0.379 e. The molecule has 0 atom stereocenters. The van der Waals surface area contributed by atoms with Gasteiger partial charge < -0.3 is 9.84 Å². The molecule has 0 aliphatic rings. The van der Waals surface area contributed by atoms with Crippen LogP contribution in [0.1, 0.15) is 13.8 Å². The zero-order valence-electron chi connectivity index (χ0n) is 6.52. The molecule has 0 radical (unpaired) electrons. The van der Waals surface area contributed by atoms with Crippen LogP contribution in [0.3, 0.4) is 0 Å². The van der Waals surface area contributed by atoms with Crippen molar-refractivity contribution in [3.63, 3.8) is 0 Å². The number of carbonyl (C=O) groups is 1. The average Bonchev–Trinajstić information content (AvgIpc) is 1.83. The van der Waals surface area contributed by atoms with Gasteiger partial charge in [-0.25, -0.2) is 4.79 Å². The summed E-state index contributed by atoms with van der Waals surface area (Å²) >= 11 is 0. The molecule has 0 aromatic carbocycles. The van der Waals surface area contributed by atoms with Gasteiger partial charge >= 0.3 is 11.9 Å². The lowest BCUT2D eigenvalue weighted by atomic mass is 10.0. The Labute approximate surface area is 63.0 Å². The van der Waals surface area contributed by atoms with Crippen LogP contribution in [0.4, 0.5) is 8.78 Å². The number of alkyl halides is 2. The van der Waals surface area contributed by atoms with E-state index >= 15 is 0 Å². The lowest BCUT2D eigenvalue weighted by Crippen LogP contribution is -2.49. The Balaban J connectivity index is 4.59. The SMILES string of the molecule is COC(=O)C(F)(F)C(C)(C)O. The monoisotopic (exact) mass is 168 g/mol. The molecule has 0 amide bonds. The van der Waals surface area contributed by atoms with Crippen molar-refractivity contribution in [2.45, 2.75) is 25.4 Å². The molecule has 0 heterocycles. The second kappa shape index (κ2) is 2.73. The van der Waals surface area contributed by atoms with Crippen molar-refractivity contribution < 1.29 is 23.4 Å². The molecular weight excluding hydrogens is 158 g/mol. The summed E-state index contributed by atoms with van der Waals surface area (Å²) in [5.74, 6) is -5.59. The van der Waals surface area contributed by atoms with E-state index in [1.807, 2.05) is 0 Å². The maximum absolute atomic E-state index is 12.6. The van der Waals surface area contributed by atoms with Crippen molar-refractivity contribution in [2.24, 2.45) is 0 Å². The molecule has 0 rings (SSSR count). The van der Waals surface area contributed by atoms with Gasteiger partial charge in [-0.2, -0.15) is 8.78 Å². The van der Waals surface area contributed by atoms with Crippen LogP contribution in [0.15, 0.2) is 0 Å². The van der Waals surface area contributed by atoms with Gasteiger partial charge in [0.1, 0.15) is 5.60 Å². The van der Waals surface area contributed by atoms with Gasteiger partial charge in [0.2, 0.25) is 0 Å². The van der Waals surface area contributed by atoms with Crippen molar-refractivity contribution in [2.75, 3.05) is 7.11 Å². The summed E-state index contributed by atoms with van der Waals surface area (Å²) in [4.78, 5) is 10.3. The molecule has 0 aromatic heterocycles. The summed E-state index contributed by atoms with van der Waals surface area (Å²) in [6.07, 6.45) is 0. The number of aliphatic hydroxyl groups is 1. The molecule has 1 N–H and O–H groups in total. The Morgan fingerprint density at radius 3 is 1.91 bits per heavy atom. The van der Waals surface area contributed by atoms with Crippen LogP contribution in [-0.4, -0.2) is 29.7 Å². The van der Waals surface area contributed by atoms with Gasteiger partial charge in [-0.15, -0.1) is 0 Å². The van der Waals surface area contributed by atoms with Gasteiger partial charge in [0.15, 0.2) is 0 Å². The number of esters is 1. The second-order valence-corrected chi connectivity index (χ2v) is 2.62. The minimum Gasteiger partial charge on any atom is -0.464 e. The van der Waals surface area contributed by atoms with E-state index in [1.54, 1.807) is 0 Å². The quantitative estimate of drug-likeness (QED) is 0.613. The molecule has 0 aliphatic heterocycles. The Hall–Kier alpha value is -0.710. The van der Waals surface area contributed by atoms with E-state index in [9.17, 15) is 13.6 Å². The molecule has 0 fully saturated rings. The minimum atomic E-state index is -3.86. The first-order chi connectivity index (χ1) is 4.73. The van der Waals surface area contributed by atoms with Gasteiger partial charge in [-0.1, -0.05) is 0 Å². The summed E-state index contributed by atoms with van der Waals surface area (Å²) in [6.45, 7) is 1.67. The number of halogens is 2. The summed E-state index contributed by atoms with van der Waals surface area (Å²) in [7, 11) is 0.835. The van der Waals surface area contributed by atoms with Crippen molar-refractivity contribution in [1.82, 2.24) is 0 Å². The number of methoxy groups -OCH3 is 1. The number of hydrogen-bond acceptors (Lipinski definition) is 3. The van der Waals surface area contributed by atoms with Crippen molar-refractivity contribution in [3.8, 4) is 0 Å². The number of ether oxygens (including phenoxy) is 1. The fourth-order valence-corrected chi connectivity index (χ4v) is 0.378. The first-order valence-electron chi connectivity index (χ1n) is 2.92. The molecule has 66 valence electrons. The lowest BCUT2D eigenvalue weighted by molar-refractivity contribution is -0.202. The van der Waals surface area contributed by atoms with Crippen LogP contribution in [0.25, 0.3) is 0 Å². The van der Waals surface area contributed by atoms with Crippen molar-refractivity contribution in [1.29, 1.82) is 0 Å². The first-order valence-corrected chi connectivity index (χ1v) is 2.92. The Bertz CT molecular complexity index is 160. The zero-order chi connectivity index (χ0) is 9.28. The topological polar surface area (TPSA) is 46.5 Å². The lowest BCUT2D eigenvalue weighted by Gasteiger charge is -2.25. The summed E-state index contributed by atoms with van der Waals surface area (Å²) in [5.41, 5.74) is -2.39. The van der Waals surface area contributed by atoms with Crippen molar-refractivity contribution in [3.05, 3.63) is 0 Å². The Morgan fingerprint density at radius 2 is 1.82 bits per heavy atom. The third-order valence-electron chi connectivity index (χ3n) is 1.21. The van der Waals surface area contributed by atoms with Crippen LogP contribution >= 0.6 is 0 Å². The standard InChI is InChI=1S/C6H10F2O3/c1-5(2,10)6(7,8)4(9)11-3/h10H,1-3H3. The van der Waals surface area contributed by atoms with E-state index in [4.69, 9.17) is 5.11 Å². The normalized spacial score (nSPS) is 12.9. The molecule has 0 saturated carbocycles. The van der Waals surface area contributed by atoms with Gasteiger partial charge in [0, 0.05) is 0 Å². The molecule has 3 nitrogen and oxygen atoms in total. The molecule has 11 heavy (non-hydrogen) atoms. The van der Waals surface area contributed by atoms with Gasteiger partial charge in [-0.3, -0.25) is 0 Å². The fraction of sp³-hybridized carbons (Fsp3) is 0.833. The number of hydrogen-bond donors (Lipinski definition) is 1. The molecule has 0 bridgehead atoms. The Kier molecular flexibility index (Phi) is 2.55. The predicted molar refractivity (Wildman–Crippen MR) is 33.3 cm³/mol. The molecule has 0 unspecified atom stereocenters.